The van der Waals surface area contributed by atoms with E-state index in [2.05, 4.69) is 15.6 Å². The van der Waals surface area contributed by atoms with Gasteiger partial charge in [-0.3, -0.25) is 15.1 Å². The van der Waals surface area contributed by atoms with Crippen LogP contribution in [0.2, 0.25) is 0 Å². The van der Waals surface area contributed by atoms with E-state index in [-0.39, 0.29) is 35.0 Å². The first-order chi connectivity index (χ1) is 13.3. The first-order valence-electron chi connectivity index (χ1n) is 8.32. The topological polar surface area (TPSA) is 133 Å². The van der Waals surface area contributed by atoms with Gasteiger partial charge in [0, 0.05) is 0 Å². The summed E-state index contributed by atoms with van der Waals surface area (Å²) >= 11 is 0. The maximum Gasteiger partial charge on any atom is 0.340 e. The molecule has 148 valence electrons. The summed E-state index contributed by atoms with van der Waals surface area (Å²) in [5.41, 5.74) is 1.12. The van der Waals surface area contributed by atoms with E-state index >= 15 is 0 Å². The van der Waals surface area contributed by atoms with Crippen LogP contribution in [0.3, 0.4) is 0 Å². The van der Waals surface area contributed by atoms with Crippen LogP contribution in [0.4, 0.5) is 21.9 Å². The van der Waals surface area contributed by atoms with Crippen LogP contribution in [0, 0.1) is 24.0 Å². The maximum atomic E-state index is 12.3. The highest BCUT2D eigenvalue weighted by molar-refractivity contribution is 6.02. The van der Waals surface area contributed by atoms with Crippen LogP contribution in [0.1, 0.15) is 28.7 Å². The number of aromatic nitrogens is 1. The average Bonchev–Trinajstić information content (AvgIpc) is 2.64. The van der Waals surface area contributed by atoms with Crippen molar-refractivity contribution >= 4 is 29.1 Å². The van der Waals surface area contributed by atoms with Crippen molar-refractivity contribution in [3.05, 3.63) is 51.3 Å². The maximum absolute atomic E-state index is 12.3. The largest absolute Gasteiger partial charge is 0.496 e. The standard InChI is InChI=1S/C18H20N4O6/c1-5-28-17(23)13-9-15(11(3)19-10(13)2)21-18(24)20-14-7-6-12(27-4)8-16(14)22(25)26/h6-9H,5H2,1-4H3,(H2,20,21,24). The number of nitro groups is 1. The molecule has 1 aromatic heterocycles. The van der Waals surface area contributed by atoms with E-state index in [0.717, 1.165) is 0 Å². The van der Waals surface area contributed by atoms with Crippen molar-refractivity contribution in [2.75, 3.05) is 24.4 Å². The Hall–Kier alpha value is -3.69. The zero-order valence-corrected chi connectivity index (χ0v) is 15.9. The van der Waals surface area contributed by atoms with Crippen molar-refractivity contribution in [2.24, 2.45) is 0 Å². The Kier molecular flexibility index (Phi) is 6.48. The summed E-state index contributed by atoms with van der Waals surface area (Å²) in [4.78, 5) is 39.2. The summed E-state index contributed by atoms with van der Waals surface area (Å²) in [6.07, 6.45) is 0. The third-order valence-corrected chi connectivity index (χ3v) is 3.80. The number of anilines is 2. The molecule has 0 radical (unpaired) electrons. The van der Waals surface area contributed by atoms with Gasteiger partial charge in [-0.15, -0.1) is 0 Å². The van der Waals surface area contributed by atoms with Gasteiger partial charge in [-0.2, -0.15) is 0 Å². The smallest absolute Gasteiger partial charge is 0.340 e. The number of nitro benzene ring substituents is 1. The van der Waals surface area contributed by atoms with Crippen LogP contribution < -0.4 is 15.4 Å². The minimum atomic E-state index is -0.725. The van der Waals surface area contributed by atoms with Gasteiger partial charge in [0.2, 0.25) is 0 Å². The van der Waals surface area contributed by atoms with Crippen molar-refractivity contribution in [1.29, 1.82) is 0 Å². The second-order valence-electron chi connectivity index (χ2n) is 5.69. The molecule has 2 aromatic rings. The van der Waals surface area contributed by atoms with Crippen LogP contribution in [0.5, 0.6) is 5.75 Å². The number of hydrogen-bond donors (Lipinski definition) is 2. The van der Waals surface area contributed by atoms with Crippen LogP contribution in [-0.2, 0) is 4.74 Å². The summed E-state index contributed by atoms with van der Waals surface area (Å²) in [6, 6.07) is 4.78. The molecule has 0 spiro atoms. The monoisotopic (exact) mass is 388 g/mol. The number of aryl methyl sites for hydroxylation is 2. The summed E-state index contributed by atoms with van der Waals surface area (Å²) in [6.45, 7) is 5.21. The summed E-state index contributed by atoms with van der Waals surface area (Å²) < 4.78 is 9.93. The Morgan fingerprint density at radius 2 is 1.82 bits per heavy atom. The van der Waals surface area contributed by atoms with Crippen LogP contribution >= 0.6 is 0 Å². The van der Waals surface area contributed by atoms with E-state index in [4.69, 9.17) is 9.47 Å². The van der Waals surface area contributed by atoms with Crippen LogP contribution in [-0.4, -0.2) is 35.6 Å². The van der Waals surface area contributed by atoms with Crippen molar-refractivity contribution in [1.82, 2.24) is 4.98 Å². The molecule has 2 N–H and O–H groups in total. The number of nitrogens with zero attached hydrogens (tertiary/aromatic N) is 2. The number of benzene rings is 1. The lowest BCUT2D eigenvalue weighted by Gasteiger charge is -2.13. The fraction of sp³-hybridized carbons (Fsp3) is 0.278. The first kappa shape index (κ1) is 20.6. The zero-order chi connectivity index (χ0) is 20.8. The third-order valence-electron chi connectivity index (χ3n) is 3.80. The third kappa shape index (κ3) is 4.72. The molecule has 10 nitrogen and oxygen atoms in total. The minimum Gasteiger partial charge on any atom is -0.496 e. The molecule has 2 rings (SSSR count). The van der Waals surface area contributed by atoms with Gasteiger partial charge in [0.1, 0.15) is 11.4 Å². The van der Waals surface area contributed by atoms with Crippen LogP contribution in [0.15, 0.2) is 24.3 Å². The highest BCUT2D eigenvalue weighted by atomic mass is 16.6. The Morgan fingerprint density at radius 3 is 2.43 bits per heavy atom. The Balaban J connectivity index is 2.25. The van der Waals surface area contributed by atoms with Crippen molar-refractivity contribution in [2.45, 2.75) is 20.8 Å². The van der Waals surface area contributed by atoms with Crippen LogP contribution in [0.25, 0.3) is 0 Å². The van der Waals surface area contributed by atoms with E-state index in [1.54, 1.807) is 20.8 Å². The van der Waals surface area contributed by atoms with Gasteiger partial charge in [-0.1, -0.05) is 0 Å². The van der Waals surface area contributed by atoms with Crippen molar-refractivity contribution in [3.63, 3.8) is 0 Å². The molecule has 0 fully saturated rings. The zero-order valence-electron chi connectivity index (χ0n) is 15.9. The van der Waals surface area contributed by atoms with E-state index in [1.807, 2.05) is 0 Å². The second kappa shape index (κ2) is 8.80. The Labute approximate surface area is 161 Å². The molecular formula is C18H20N4O6. The number of carbonyl (C=O) groups excluding carboxylic acids is 2. The van der Waals surface area contributed by atoms with Gasteiger partial charge in [0.05, 0.1) is 47.3 Å². The molecule has 0 aliphatic rings. The average molecular weight is 388 g/mol. The van der Waals surface area contributed by atoms with Gasteiger partial charge in [-0.05, 0) is 39.0 Å². The number of methoxy groups -OCH3 is 1. The number of hydrogen-bond acceptors (Lipinski definition) is 7. The van der Waals surface area contributed by atoms with Crippen molar-refractivity contribution in [3.8, 4) is 5.75 Å². The number of carbonyl (C=O) groups is 2. The number of esters is 1. The molecule has 0 aliphatic heterocycles. The molecule has 0 saturated carbocycles. The highest BCUT2D eigenvalue weighted by Crippen LogP contribution is 2.29. The SMILES string of the molecule is CCOC(=O)c1cc(NC(=O)Nc2ccc(OC)cc2[N+](=O)[O-])c(C)nc1C. The highest BCUT2D eigenvalue weighted by Gasteiger charge is 2.19. The number of urea groups is 1. The number of rotatable bonds is 6. The number of amides is 2. The van der Waals surface area contributed by atoms with E-state index in [0.29, 0.717) is 11.4 Å². The molecule has 2 amide bonds. The van der Waals surface area contributed by atoms with E-state index in [9.17, 15) is 19.7 Å². The summed E-state index contributed by atoms with van der Waals surface area (Å²) in [7, 11) is 1.38. The van der Waals surface area contributed by atoms with Gasteiger partial charge in [0.25, 0.3) is 5.69 Å². The quantitative estimate of drug-likeness (QED) is 0.440. The predicted octanol–water partition coefficient (Wildman–Crippen LogP) is 3.44. The fourth-order valence-electron chi connectivity index (χ4n) is 2.44. The second-order valence-corrected chi connectivity index (χ2v) is 5.69. The number of ether oxygens (including phenoxy) is 2. The van der Waals surface area contributed by atoms with Gasteiger partial charge >= 0.3 is 12.0 Å². The van der Waals surface area contributed by atoms with E-state index < -0.39 is 16.9 Å². The molecule has 28 heavy (non-hydrogen) atoms. The van der Waals surface area contributed by atoms with Gasteiger partial charge in [0.15, 0.2) is 0 Å². The Morgan fingerprint density at radius 1 is 1.14 bits per heavy atom. The van der Waals surface area contributed by atoms with E-state index in [1.165, 1.54) is 31.4 Å². The van der Waals surface area contributed by atoms with Gasteiger partial charge in [-0.25, -0.2) is 9.59 Å². The molecule has 10 heteroatoms. The molecule has 0 saturated heterocycles. The molecular weight excluding hydrogens is 368 g/mol. The predicted molar refractivity (Wildman–Crippen MR) is 102 cm³/mol. The number of pyridine rings is 1. The first-order valence-corrected chi connectivity index (χ1v) is 8.32. The minimum absolute atomic E-state index is 0.00774. The fourth-order valence-corrected chi connectivity index (χ4v) is 2.44. The Bertz CT molecular complexity index is 929. The lowest BCUT2D eigenvalue weighted by Crippen LogP contribution is -2.21. The number of nitrogens with one attached hydrogen (secondary N) is 2. The van der Waals surface area contributed by atoms with Crippen molar-refractivity contribution < 1.29 is 24.0 Å². The summed E-state index contributed by atoms with van der Waals surface area (Å²) in [5, 5.41) is 16.2. The lowest BCUT2D eigenvalue weighted by molar-refractivity contribution is -0.384. The molecule has 0 aliphatic carbocycles. The molecule has 1 aromatic carbocycles. The lowest BCUT2D eigenvalue weighted by atomic mass is 10.1. The molecule has 1 heterocycles. The summed E-state index contributed by atoms with van der Waals surface area (Å²) in [5.74, 6) is -0.267. The molecule has 0 atom stereocenters. The molecule has 0 bridgehead atoms. The molecule has 0 unspecified atom stereocenters. The van der Waals surface area contributed by atoms with Gasteiger partial charge < -0.3 is 20.1 Å². The normalized spacial score (nSPS) is 10.1.